The summed E-state index contributed by atoms with van der Waals surface area (Å²) in [4.78, 5) is 2.13. The third-order valence-corrected chi connectivity index (χ3v) is 8.84. The Hall–Kier alpha value is -3.40. The number of hydrogen-bond acceptors (Lipinski definition) is 2. The lowest BCUT2D eigenvalue weighted by Gasteiger charge is -2.43. The van der Waals surface area contributed by atoms with E-state index in [1.54, 1.807) is 6.07 Å². The molecule has 2 aliphatic carbocycles. The fourth-order valence-electron chi connectivity index (χ4n) is 5.72. The average molecular weight is 559 g/mol. The predicted octanol–water partition coefficient (Wildman–Crippen LogP) is 9.67. The number of allylic oxidation sites excluding steroid dienone is 2. The van der Waals surface area contributed by atoms with Gasteiger partial charge in [0.15, 0.2) is 0 Å². The summed E-state index contributed by atoms with van der Waals surface area (Å²) in [5.41, 5.74) is 9.97. The quantitative estimate of drug-likeness (QED) is 0.231. The van der Waals surface area contributed by atoms with Gasteiger partial charge in [0.2, 0.25) is 6.43 Å². The lowest BCUT2D eigenvalue weighted by atomic mass is 9.72. The highest BCUT2D eigenvalue weighted by molar-refractivity contribution is 5.74. The van der Waals surface area contributed by atoms with Crippen molar-refractivity contribution in [3.8, 4) is 0 Å². The topological polar surface area (TPSA) is 15.3 Å². The number of nitrogens with one attached hydrogen (secondary N) is 1. The summed E-state index contributed by atoms with van der Waals surface area (Å²) in [5.74, 6) is 0.642. The maximum Gasteiger partial charge on any atom is 0.242 e. The monoisotopic (exact) mass is 558 g/mol. The highest BCUT2D eigenvalue weighted by Gasteiger charge is 2.36. The van der Waals surface area contributed by atoms with E-state index in [0.29, 0.717) is 17.5 Å². The molecule has 0 saturated heterocycles. The third kappa shape index (κ3) is 8.09. The molecule has 0 aliphatic heterocycles. The number of aryl methyl sites for hydroxylation is 2. The number of hydrogen-bond donors (Lipinski definition) is 1. The first kappa shape index (κ1) is 32.1. The first-order valence-electron chi connectivity index (χ1n) is 14.7. The highest BCUT2D eigenvalue weighted by atomic mass is 19.3. The normalized spacial score (nSPS) is 19.6. The van der Waals surface area contributed by atoms with Crippen LogP contribution in [0.4, 0.5) is 8.78 Å². The SMILES string of the molecule is C=C/C(=C\NC1(C(=C)C)CCC1)c1ccc(C)c(C)c1.C=C1CC(C)CC1N(C)C(=C)c1cccc(CC(F)F)c1. The molecule has 2 atom stereocenters. The van der Waals surface area contributed by atoms with Gasteiger partial charge in [0.05, 0.1) is 5.54 Å². The zero-order valence-corrected chi connectivity index (χ0v) is 25.7. The smallest absolute Gasteiger partial charge is 0.242 e. The van der Waals surface area contributed by atoms with Crippen LogP contribution in [0.15, 0.2) is 92.2 Å². The van der Waals surface area contributed by atoms with Crippen LogP contribution in [0.25, 0.3) is 11.3 Å². The molecule has 4 rings (SSSR count). The van der Waals surface area contributed by atoms with Gasteiger partial charge in [-0.15, -0.1) is 0 Å². The molecule has 41 heavy (non-hydrogen) atoms. The molecule has 2 unspecified atom stereocenters. The molecule has 0 amide bonds. The minimum Gasteiger partial charge on any atom is -0.381 e. The summed E-state index contributed by atoms with van der Waals surface area (Å²) in [7, 11) is 2.01. The molecule has 0 heterocycles. The van der Waals surface area contributed by atoms with E-state index >= 15 is 0 Å². The van der Waals surface area contributed by atoms with Crippen LogP contribution in [0.2, 0.25) is 0 Å². The zero-order valence-electron chi connectivity index (χ0n) is 25.7. The molecule has 220 valence electrons. The van der Waals surface area contributed by atoms with Crippen LogP contribution in [0, 0.1) is 19.8 Å². The molecule has 0 bridgehead atoms. The molecule has 0 spiro atoms. The Morgan fingerprint density at radius 2 is 1.80 bits per heavy atom. The molecule has 2 aliphatic rings. The molecule has 0 aromatic heterocycles. The number of rotatable bonds is 10. The van der Waals surface area contributed by atoms with E-state index in [9.17, 15) is 8.78 Å². The Morgan fingerprint density at radius 1 is 1.10 bits per heavy atom. The van der Waals surface area contributed by atoms with Gasteiger partial charge in [-0.25, -0.2) is 8.78 Å². The van der Waals surface area contributed by atoms with E-state index in [2.05, 4.69) is 88.6 Å². The molecular formula is C37H48F2N2. The van der Waals surface area contributed by atoms with Gasteiger partial charge in [-0.1, -0.05) is 86.9 Å². The zero-order chi connectivity index (χ0) is 30.3. The third-order valence-electron chi connectivity index (χ3n) is 8.84. The Morgan fingerprint density at radius 3 is 2.32 bits per heavy atom. The van der Waals surface area contributed by atoms with Gasteiger partial charge in [-0.2, -0.15) is 0 Å². The fourth-order valence-corrected chi connectivity index (χ4v) is 5.72. The van der Waals surface area contributed by atoms with Crippen molar-refractivity contribution >= 4 is 11.3 Å². The van der Waals surface area contributed by atoms with E-state index in [1.165, 1.54) is 47.1 Å². The summed E-state index contributed by atoms with van der Waals surface area (Å²) in [6.07, 6.45) is 7.25. The number of benzene rings is 2. The molecule has 0 radical (unpaired) electrons. The minimum atomic E-state index is -2.32. The van der Waals surface area contributed by atoms with Gasteiger partial charge in [0.25, 0.3) is 0 Å². The average Bonchev–Trinajstić information content (AvgIpc) is 3.24. The lowest BCUT2D eigenvalue weighted by molar-refractivity contribution is 0.149. The van der Waals surface area contributed by atoms with Gasteiger partial charge >= 0.3 is 0 Å². The summed E-state index contributed by atoms with van der Waals surface area (Å²) in [5, 5.41) is 3.58. The largest absolute Gasteiger partial charge is 0.381 e. The molecule has 2 saturated carbocycles. The molecule has 2 fully saturated rings. The summed E-state index contributed by atoms with van der Waals surface area (Å²) < 4.78 is 25.0. The van der Waals surface area contributed by atoms with Crippen molar-refractivity contribution < 1.29 is 8.78 Å². The number of nitrogens with zero attached hydrogens (tertiary/aromatic N) is 1. The minimum absolute atomic E-state index is 0.105. The van der Waals surface area contributed by atoms with E-state index in [-0.39, 0.29) is 12.0 Å². The molecule has 2 aromatic carbocycles. The molecule has 2 aromatic rings. The van der Waals surface area contributed by atoms with Crippen molar-refractivity contribution in [1.29, 1.82) is 0 Å². The Kier molecular flexibility index (Phi) is 11.0. The Labute approximate surface area is 247 Å². The van der Waals surface area contributed by atoms with Crippen LogP contribution in [-0.2, 0) is 6.42 Å². The molecule has 2 nitrogen and oxygen atoms in total. The van der Waals surface area contributed by atoms with E-state index in [0.717, 1.165) is 29.7 Å². The second-order valence-electron chi connectivity index (χ2n) is 12.0. The summed E-state index contributed by atoms with van der Waals surface area (Å²) >= 11 is 0. The van der Waals surface area contributed by atoms with Crippen molar-refractivity contribution in [2.24, 2.45) is 5.92 Å². The second kappa shape index (κ2) is 14.0. The molecule has 4 heteroatoms. The Balaban J connectivity index is 0.000000226. The second-order valence-corrected chi connectivity index (χ2v) is 12.0. The fraction of sp³-hybridized carbons (Fsp3) is 0.405. The van der Waals surface area contributed by atoms with Gasteiger partial charge in [-0.3, -0.25) is 0 Å². The maximum atomic E-state index is 12.5. The lowest BCUT2D eigenvalue weighted by Crippen LogP contribution is -2.49. The van der Waals surface area contributed by atoms with Gasteiger partial charge in [0.1, 0.15) is 0 Å². The van der Waals surface area contributed by atoms with Crippen molar-refractivity contribution in [1.82, 2.24) is 10.2 Å². The number of alkyl halides is 2. The molecule has 1 N–H and O–H groups in total. The van der Waals surface area contributed by atoms with Crippen LogP contribution in [0.1, 0.15) is 73.8 Å². The Bertz CT molecular complexity index is 1300. The van der Waals surface area contributed by atoms with Crippen molar-refractivity contribution in [3.05, 3.63) is 120 Å². The van der Waals surface area contributed by atoms with E-state index in [1.807, 2.05) is 31.3 Å². The summed E-state index contributed by atoms with van der Waals surface area (Å²) in [6, 6.07) is 14.1. The first-order valence-corrected chi connectivity index (χ1v) is 14.7. The van der Waals surface area contributed by atoms with Crippen molar-refractivity contribution in [3.63, 3.8) is 0 Å². The number of halogens is 2. The van der Waals surface area contributed by atoms with Gasteiger partial charge in [0, 0.05) is 31.4 Å². The van der Waals surface area contributed by atoms with Crippen LogP contribution in [0.5, 0.6) is 0 Å². The summed E-state index contributed by atoms with van der Waals surface area (Å²) in [6.45, 7) is 25.0. The van der Waals surface area contributed by atoms with Crippen molar-refractivity contribution in [2.75, 3.05) is 7.05 Å². The van der Waals surface area contributed by atoms with Crippen LogP contribution < -0.4 is 5.32 Å². The van der Waals surface area contributed by atoms with Gasteiger partial charge in [-0.05, 0) is 98.2 Å². The van der Waals surface area contributed by atoms with Crippen LogP contribution >= 0.6 is 0 Å². The first-order chi connectivity index (χ1) is 19.4. The van der Waals surface area contributed by atoms with Gasteiger partial charge < -0.3 is 10.2 Å². The van der Waals surface area contributed by atoms with E-state index in [4.69, 9.17) is 0 Å². The van der Waals surface area contributed by atoms with Crippen molar-refractivity contribution in [2.45, 2.75) is 84.2 Å². The maximum absolute atomic E-state index is 12.5. The molecular weight excluding hydrogens is 510 g/mol. The van der Waals surface area contributed by atoms with Crippen LogP contribution in [-0.4, -0.2) is 30.0 Å². The number of likely N-dealkylation sites (N-methyl/N-ethyl adjacent to an activating group) is 1. The standard InChI is InChI=1S/C19H25N.C18H23F2N/c1-6-17(18-9-8-15(4)16(5)12-18)13-20-19(14(2)3)10-7-11-19;1-12-8-13(2)17(9-12)21(4)14(3)16-7-5-6-15(10-16)11-18(19)20/h6,8-9,12-13,20H,1-2,7,10-11H2,3-5H3;5-7,10,12,17-18H,2-3,8-9,11H2,1,4H3/b17-13+;. The van der Waals surface area contributed by atoms with Crippen LogP contribution in [0.3, 0.4) is 0 Å². The highest BCUT2D eigenvalue weighted by Crippen LogP contribution is 2.38. The predicted molar refractivity (Wildman–Crippen MR) is 173 cm³/mol. The van der Waals surface area contributed by atoms with E-state index < -0.39 is 6.43 Å².